The van der Waals surface area contributed by atoms with Crippen LogP contribution in [0.2, 0.25) is 0 Å². The Morgan fingerprint density at radius 2 is 1.85 bits per heavy atom. The Morgan fingerprint density at radius 1 is 1.00 bits per heavy atom. The highest BCUT2D eigenvalue weighted by Crippen LogP contribution is 2.27. The zero-order valence-corrected chi connectivity index (χ0v) is 22.3. The average Bonchev–Trinajstić information content (AvgIpc) is 3.00. The molecule has 0 saturated carbocycles. The number of hydrogen-bond donors (Lipinski definition) is 2. The molecule has 2 N–H and O–H groups in total. The van der Waals surface area contributed by atoms with Crippen molar-refractivity contribution in [2.75, 3.05) is 12.4 Å². The maximum atomic E-state index is 12.6. The molecular formula is C30H24N6O3S. The normalized spacial score (nSPS) is 10.5. The lowest BCUT2D eigenvalue weighted by atomic mass is 10.1. The topological polar surface area (TPSA) is 126 Å². The maximum absolute atomic E-state index is 12.6. The number of nitrogens with one attached hydrogen (secondary N) is 2. The first kappa shape index (κ1) is 26.5. The molecule has 0 aliphatic rings. The Balaban J connectivity index is 1.23. The molecule has 9 nitrogen and oxygen atoms in total. The largest absolute Gasteiger partial charge is 0.497 e. The van der Waals surface area contributed by atoms with Crippen molar-refractivity contribution in [3.05, 3.63) is 118 Å². The van der Waals surface area contributed by atoms with Gasteiger partial charge in [-0.05, 0) is 47.5 Å². The van der Waals surface area contributed by atoms with Crippen LogP contribution in [0.4, 0.5) is 5.69 Å². The molecule has 10 heteroatoms. The van der Waals surface area contributed by atoms with Crippen LogP contribution in [-0.2, 0) is 12.3 Å². The van der Waals surface area contributed by atoms with Gasteiger partial charge in [0, 0.05) is 35.9 Å². The molecule has 0 amide bonds. The highest BCUT2D eigenvalue weighted by atomic mass is 32.2. The molecule has 0 aliphatic heterocycles. The number of thioether (sulfide) groups is 1. The predicted octanol–water partition coefficient (Wildman–Crippen LogP) is 5.80. The van der Waals surface area contributed by atoms with Gasteiger partial charge in [-0.15, -0.1) is 0 Å². The number of nitrogens with zero attached hydrogens (tertiary/aromatic N) is 4. The number of aromatic nitrogens is 4. The molecule has 5 rings (SSSR count). The van der Waals surface area contributed by atoms with Gasteiger partial charge in [-0.1, -0.05) is 48.2 Å². The highest BCUT2D eigenvalue weighted by molar-refractivity contribution is 7.98. The molecule has 2 aromatic heterocycles. The molecule has 0 saturated heterocycles. The van der Waals surface area contributed by atoms with Crippen molar-refractivity contribution in [1.29, 1.82) is 5.26 Å². The van der Waals surface area contributed by atoms with Gasteiger partial charge < -0.3 is 19.8 Å². The number of aromatic amines is 1. The fourth-order valence-corrected chi connectivity index (χ4v) is 4.67. The number of H-pyrrole nitrogens is 1. The van der Waals surface area contributed by atoms with Crippen LogP contribution in [-0.4, -0.2) is 27.0 Å². The lowest BCUT2D eigenvalue weighted by Gasteiger charge is -2.10. The number of anilines is 1. The summed E-state index contributed by atoms with van der Waals surface area (Å²) in [5.41, 5.74) is 3.59. The van der Waals surface area contributed by atoms with Crippen LogP contribution >= 0.6 is 11.8 Å². The number of hydrogen-bond acceptors (Lipinski definition) is 9. The molecule has 0 aliphatic carbocycles. The van der Waals surface area contributed by atoms with E-state index < -0.39 is 5.56 Å². The minimum atomic E-state index is -0.471. The standard InChI is InChI=1S/C30H24N6O3S/c1-38-25-7-3-5-22(15-25)28-26(16-31)29(37)36-30(35-28)40-19-21-4-2-6-23(14-21)34-17-20-8-10-24(11-9-20)39-27-18-32-12-13-33-27/h2-15,18,34H,17,19H2,1H3,(H,35,36,37). The van der Waals surface area contributed by atoms with Crippen molar-refractivity contribution in [1.82, 2.24) is 19.9 Å². The number of methoxy groups -OCH3 is 1. The van der Waals surface area contributed by atoms with E-state index in [1.807, 2.05) is 48.5 Å². The van der Waals surface area contributed by atoms with Crippen LogP contribution in [0.3, 0.4) is 0 Å². The molecule has 0 radical (unpaired) electrons. The minimum Gasteiger partial charge on any atom is -0.497 e. The summed E-state index contributed by atoms with van der Waals surface area (Å²) in [6, 6.07) is 24.9. The molecule has 0 atom stereocenters. The second-order valence-corrected chi connectivity index (χ2v) is 9.53. The number of benzene rings is 3. The van der Waals surface area contributed by atoms with E-state index in [1.54, 1.807) is 50.0 Å². The third-order valence-corrected chi connectivity index (χ3v) is 6.78. The second kappa shape index (κ2) is 12.6. The van der Waals surface area contributed by atoms with Crippen LogP contribution < -0.4 is 20.3 Å². The van der Waals surface area contributed by atoms with Crippen molar-refractivity contribution in [3.8, 4) is 34.7 Å². The first-order valence-electron chi connectivity index (χ1n) is 12.3. The maximum Gasteiger partial charge on any atom is 0.270 e. The van der Waals surface area contributed by atoms with Crippen LogP contribution in [0.1, 0.15) is 16.7 Å². The monoisotopic (exact) mass is 548 g/mol. The van der Waals surface area contributed by atoms with Crippen LogP contribution in [0.15, 0.2) is 101 Å². The Kier molecular flexibility index (Phi) is 8.34. The fraction of sp³-hybridized carbons (Fsp3) is 0.100. The van der Waals surface area contributed by atoms with Crippen LogP contribution in [0.25, 0.3) is 11.3 Å². The van der Waals surface area contributed by atoms with E-state index in [1.165, 1.54) is 11.8 Å². The van der Waals surface area contributed by atoms with Gasteiger partial charge >= 0.3 is 0 Å². The molecule has 0 unspecified atom stereocenters. The lowest BCUT2D eigenvalue weighted by molar-refractivity contribution is 0.415. The van der Waals surface area contributed by atoms with Gasteiger partial charge in [0.2, 0.25) is 5.88 Å². The summed E-state index contributed by atoms with van der Waals surface area (Å²) >= 11 is 1.39. The fourth-order valence-electron chi connectivity index (χ4n) is 3.86. The van der Waals surface area contributed by atoms with E-state index in [2.05, 4.69) is 31.3 Å². The van der Waals surface area contributed by atoms with Crippen molar-refractivity contribution in [2.24, 2.45) is 0 Å². The molecule has 0 spiro atoms. The second-order valence-electron chi connectivity index (χ2n) is 8.57. The van der Waals surface area contributed by atoms with Gasteiger partial charge in [0.25, 0.3) is 5.56 Å². The van der Waals surface area contributed by atoms with E-state index in [9.17, 15) is 10.1 Å². The average molecular weight is 549 g/mol. The van der Waals surface area contributed by atoms with E-state index in [4.69, 9.17) is 9.47 Å². The van der Waals surface area contributed by atoms with Gasteiger partial charge in [0.15, 0.2) is 5.16 Å². The summed E-state index contributed by atoms with van der Waals surface area (Å²) in [4.78, 5) is 28.1. The molecule has 5 aromatic rings. The van der Waals surface area contributed by atoms with Gasteiger partial charge in [0.05, 0.1) is 19.0 Å². The first-order chi connectivity index (χ1) is 19.6. The molecule has 3 aromatic carbocycles. The predicted molar refractivity (Wildman–Crippen MR) is 153 cm³/mol. The van der Waals surface area contributed by atoms with Gasteiger partial charge in [0.1, 0.15) is 23.1 Å². The SMILES string of the molecule is COc1cccc(-c2nc(SCc3cccc(NCc4ccc(Oc5cnccn5)cc4)c3)[nH]c(=O)c2C#N)c1. The van der Waals surface area contributed by atoms with Gasteiger partial charge in [-0.3, -0.25) is 9.78 Å². The van der Waals surface area contributed by atoms with Crippen molar-refractivity contribution in [3.63, 3.8) is 0 Å². The van der Waals surface area contributed by atoms with Gasteiger partial charge in [-0.2, -0.15) is 5.26 Å². The van der Waals surface area contributed by atoms with Crippen molar-refractivity contribution >= 4 is 17.4 Å². The molecule has 40 heavy (non-hydrogen) atoms. The van der Waals surface area contributed by atoms with E-state index in [0.29, 0.717) is 46.1 Å². The third kappa shape index (κ3) is 6.64. The zero-order chi connectivity index (χ0) is 27.7. The van der Waals surface area contributed by atoms with Crippen LogP contribution in [0.5, 0.6) is 17.4 Å². The van der Waals surface area contributed by atoms with Crippen LogP contribution in [0, 0.1) is 11.3 Å². The summed E-state index contributed by atoms with van der Waals surface area (Å²) in [5.74, 6) is 2.33. The number of rotatable bonds is 10. The molecule has 0 fully saturated rings. The minimum absolute atomic E-state index is 0.0304. The lowest BCUT2D eigenvalue weighted by Crippen LogP contribution is -2.14. The number of nitriles is 1. The van der Waals surface area contributed by atoms with E-state index in [-0.39, 0.29) is 5.56 Å². The quantitative estimate of drug-likeness (QED) is 0.164. The highest BCUT2D eigenvalue weighted by Gasteiger charge is 2.14. The molecule has 2 heterocycles. The summed E-state index contributed by atoms with van der Waals surface area (Å²) < 4.78 is 11.0. The molecular weight excluding hydrogens is 524 g/mol. The molecule has 0 bridgehead atoms. The third-order valence-electron chi connectivity index (χ3n) is 5.84. The summed E-state index contributed by atoms with van der Waals surface area (Å²) in [6.45, 7) is 0.635. The Bertz CT molecular complexity index is 1700. The Labute approximate surface area is 234 Å². The van der Waals surface area contributed by atoms with E-state index >= 15 is 0 Å². The first-order valence-corrected chi connectivity index (χ1v) is 13.3. The summed E-state index contributed by atoms with van der Waals surface area (Å²) in [6.07, 6.45) is 4.75. The number of ether oxygens (including phenoxy) is 2. The van der Waals surface area contributed by atoms with Gasteiger partial charge in [-0.25, -0.2) is 9.97 Å². The summed E-state index contributed by atoms with van der Waals surface area (Å²) in [7, 11) is 1.56. The zero-order valence-electron chi connectivity index (χ0n) is 21.5. The van der Waals surface area contributed by atoms with Crippen molar-refractivity contribution in [2.45, 2.75) is 17.5 Å². The smallest absolute Gasteiger partial charge is 0.270 e. The summed E-state index contributed by atoms with van der Waals surface area (Å²) in [5, 5.41) is 13.4. The Hall–Kier alpha value is -5.14. The van der Waals surface area contributed by atoms with E-state index in [0.717, 1.165) is 16.8 Å². The Morgan fingerprint density at radius 3 is 2.62 bits per heavy atom. The molecule has 198 valence electrons. The van der Waals surface area contributed by atoms with Crippen molar-refractivity contribution < 1.29 is 9.47 Å².